The molecule has 0 saturated carbocycles. The molecule has 0 amide bonds. The smallest absolute Gasteiger partial charge is 0.260 e. The third-order valence-electron chi connectivity index (χ3n) is 4.93. The number of nitrogens with zero attached hydrogens (tertiary/aromatic N) is 1. The molecule has 0 fully saturated rings. The summed E-state index contributed by atoms with van der Waals surface area (Å²) in [5.74, 6) is 1.65. The monoisotopic (exact) mass is 474 g/mol. The lowest BCUT2D eigenvalue weighted by molar-refractivity contribution is 0.269. The third-order valence-corrected chi connectivity index (χ3v) is 6.77. The summed E-state index contributed by atoms with van der Waals surface area (Å²) >= 11 is 13.6. The van der Waals surface area contributed by atoms with Crippen LogP contribution in [0.15, 0.2) is 41.2 Å². The Labute approximate surface area is 193 Å². The minimum absolute atomic E-state index is 0.139. The molecule has 2 heterocycles. The van der Waals surface area contributed by atoms with Gasteiger partial charge in [0.05, 0.1) is 22.0 Å². The van der Waals surface area contributed by atoms with E-state index >= 15 is 0 Å². The van der Waals surface area contributed by atoms with Crippen molar-refractivity contribution < 1.29 is 9.47 Å². The van der Waals surface area contributed by atoms with E-state index in [0.717, 1.165) is 26.4 Å². The first-order valence-electron chi connectivity index (χ1n) is 9.71. The van der Waals surface area contributed by atoms with Gasteiger partial charge in [0.1, 0.15) is 17.3 Å². The van der Waals surface area contributed by atoms with Crippen LogP contribution in [0.3, 0.4) is 0 Å². The largest absolute Gasteiger partial charge is 0.490 e. The van der Waals surface area contributed by atoms with Crippen LogP contribution in [0.2, 0.25) is 10.0 Å². The van der Waals surface area contributed by atoms with Crippen molar-refractivity contribution in [3.8, 4) is 22.9 Å². The van der Waals surface area contributed by atoms with Gasteiger partial charge in [0.25, 0.3) is 5.56 Å². The number of aromatic amines is 1. The van der Waals surface area contributed by atoms with Gasteiger partial charge in [-0.3, -0.25) is 4.79 Å². The van der Waals surface area contributed by atoms with Gasteiger partial charge >= 0.3 is 0 Å². The van der Waals surface area contributed by atoms with E-state index in [2.05, 4.69) is 9.97 Å². The van der Waals surface area contributed by atoms with Gasteiger partial charge in [-0.1, -0.05) is 29.3 Å². The summed E-state index contributed by atoms with van der Waals surface area (Å²) in [5, 5.41) is 1.63. The van der Waals surface area contributed by atoms with Gasteiger partial charge in [-0.25, -0.2) is 4.98 Å². The average Bonchev–Trinajstić information content (AvgIpc) is 3.03. The molecule has 8 heteroatoms. The molecule has 160 valence electrons. The van der Waals surface area contributed by atoms with Gasteiger partial charge < -0.3 is 14.5 Å². The Hall–Kier alpha value is -2.54. The van der Waals surface area contributed by atoms with Crippen LogP contribution in [0, 0.1) is 13.8 Å². The molecular formula is C23H20Cl2N2O3S. The summed E-state index contributed by atoms with van der Waals surface area (Å²) < 4.78 is 11.7. The van der Waals surface area contributed by atoms with E-state index in [4.69, 9.17) is 32.7 Å². The maximum Gasteiger partial charge on any atom is 0.260 e. The lowest BCUT2D eigenvalue weighted by Crippen LogP contribution is -2.09. The van der Waals surface area contributed by atoms with Gasteiger partial charge in [-0.15, -0.1) is 11.3 Å². The van der Waals surface area contributed by atoms with Gasteiger partial charge in [0.2, 0.25) is 0 Å². The summed E-state index contributed by atoms with van der Waals surface area (Å²) in [6.07, 6.45) is 0. The van der Waals surface area contributed by atoms with Crippen molar-refractivity contribution in [1.82, 2.24) is 9.97 Å². The molecule has 2 aromatic heterocycles. The molecule has 4 aromatic rings. The minimum atomic E-state index is -0.139. The van der Waals surface area contributed by atoms with Crippen LogP contribution in [0.25, 0.3) is 21.6 Å². The maximum absolute atomic E-state index is 12.6. The summed E-state index contributed by atoms with van der Waals surface area (Å²) in [4.78, 5) is 22.0. The van der Waals surface area contributed by atoms with Crippen LogP contribution in [-0.4, -0.2) is 16.6 Å². The first kappa shape index (κ1) is 21.7. The highest BCUT2D eigenvalue weighted by Gasteiger charge is 2.15. The highest BCUT2D eigenvalue weighted by Crippen LogP contribution is 2.34. The maximum atomic E-state index is 12.6. The van der Waals surface area contributed by atoms with Gasteiger partial charge in [0, 0.05) is 10.4 Å². The molecule has 0 unspecified atom stereocenters. The molecule has 0 aliphatic heterocycles. The number of H-pyrrole nitrogens is 1. The number of benzene rings is 2. The molecule has 0 radical (unpaired) electrons. The first-order chi connectivity index (χ1) is 14.9. The van der Waals surface area contributed by atoms with E-state index in [9.17, 15) is 4.79 Å². The zero-order valence-electron chi connectivity index (χ0n) is 17.2. The van der Waals surface area contributed by atoms with Crippen LogP contribution in [-0.2, 0) is 6.61 Å². The molecule has 4 rings (SSSR count). The summed E-state index contributed by atoms with van der Waals surface area (Å²) in [7, 11) is 0. The van der Waals surface area contributed by atoms with Crippen molar-refractivity contribution in [2.24, 2.45) is 0 Å². The van der Waals surface area contributed by atoms with E-state index in [0.29, 0.717) is 46.0 Å². The summed E-state index contributed by atoms with van der Waals surface area (Å²) in [6, 6.07) is 10.9. The molecule has 0 aliphatic carbocycles. The standard InChI is InChI=1S/C23H20Cl2N2O3S/c1-4-29-19-10-15(21-26-22(28)20-12(2)13(3)31-23(20)27-21)6-8-18(19)30-11-14-5-7-16(24)17(25)9-14/h5-10H,4,11H2,1-3H3,(H,26,27,28). The van der Waals surface area contributed by atoms with Crippen molar-refractivity contribution in [3.05, 3.63) is 72.8 Å². The molecule has 1 N–H and O–H groups in total. The lowest BCUT2D eigenvalue weighted by atomic mass is 10.1. The van der Waals surface area contributed by atoms with Crippen LogP contribution in [0.4, 0.5) is 0 Å². The van der Waals surface area contributed by atoms with Crippen molar-refractivity contribution in [2.75, 3.05) is 6.61 Å². The van der Waals surface area contributed by atoms with Gasteiger partial charge in [-0.05, 0) is 62.2 Å². The van der Waals surface area contributed by atoms with E-state index in [1.54, 1.807) is 12.1 Å². The van der Waals surface area contributed by atoms with E-state index < -0.39 is 0 Å². The number of hydrogen-bond acceptors (Lipinski definition) is 5. The highest BCUT2D eigenvalue weighted by molar-refractivity contribution is 7.18. The van der Waals surface area contributed by atoms with Crippen molar-refractivity contribution in [3.63, 3.8) is 0 Å². The number of fused-ring (bicyclic) bond motifs is 1. The highest BCUT2D eigenvalue weighted by atomic mass is 35.5. The Morgan fingerprint density at radius 1 is 1.03 bits per heavy atom. The number of aryl methyl sites for hydroxylation is 2. The zero-order chi connectivity index (χ0) is 22.1. The fraction of sp³-hybridized carbons (Fsp3) is 0.217. The number of thiophene rings is 1. The van der Waals surface area contributed by atoms with Crippen LogP contribution in [0.1, 0.15) is 22.9 Å². The Balaban J connectivity index is 1.66. The number of halogens is 2. The third kappa shape index (κ3) is 4.42. The van der Waals surface area contributed by atoms with E-state index in [1.807, 2.05) is 45.0 Å². The Bertz CT molecular complexity index is 1330. The second-order valence-electron chi connectivity index (χ2n) is 7.01. The quantitative estimate of drug-likeness (QED) is 0.343. The fourth-order valence-corrected chi connectivity index (χ4v) is 4.58. The Kier molecular flexibility index (Phi) is 6.23. The molecule has 5 nitrogen and oxygen atoms in total. The van der Waals surface area contributed by atoms with Crippen molar-refractivity contribution in [1.29, 1.82) is 0 Å². The number of rotatable bonds is 6. The molecule has 31 heavy (non-hydrogen) atoms. The van der Waals surface area contributed by atoms with Gasteiger partial charge in [-0.2, -0.15) is 0 Å². The van der Waals surface area contributed by atoms with Crippen molar-refractivity contribution >= 4 is 44.8 Å². The lowest BCUT2D eigenvalue weighted by Gasteiger charge is -2.14. The number of hydrogen-bond donors (Lipinski definition) is 1. The van der Waals surface area contributed by atoms with Crippen LogP contribution >= 0.6 is 34.5 Å². The topological polar surface area (TPSA) is 64.2 Å². The summed E-state index contributed by atoms with van der Waals surface area (Å²) in [5.41, 5.74) is 2.47. The van der Waals surface area contributed by atoms with E-state index in [1.165, 1.54) is 11.3 Å². The number of ether oxygens (including phenoxy) is 2. The van der Waals surface area contributed by atoms with Crippen LogP contribution in [0.5, 0.6) is 11.5 Å². The molecule has 2 aromatic carbocycles. The SMILES string of the molecule is CCOc1cc(-c2nc3sc(C)c(C)c3c(=O)[nH]2)ccc1OCc1ccc(Cl)c(Cl)c1. The second kappa shape index (κ2) is 8.91. The average molecular weight is 475 g/mol. The van der Waals surface area contributed by atoms with Crippen molar-refractivity contribution in [2.45, 2.75) is 27.4 Å². The predicted molar refractivity (Wildman–Crippen MR) is 127 cm³/mol. The summed E-state index contributed by atoms with van der Waals surface area (Å²) in [6.45, 7) is 6.62. The second-order valence-corrected chi connectivity index (χ2v) is 9.03. The molecule has 0 atom stereocenters. The first-order valence-corrected chi connectivity index (χ1v) is 11.3. The molecule has 0 bridgehead atoms. The fourth-order valence-electron chi connectivity index (χ4n) is 3.22. The molecule has 0 saturated heterocycles. The normalized spacial score (nSPS) is 11.1. The zero-order valence-corrected chi connectivity index (χ0v) is 19.5. The molecule has 0 spiro atoms. The minimum Gasteiger partial charge on any atom is -0.490 e. The molecular weight excluding hydrogens is 455 g/mol. The number of nitrogens with one attached hydrogen (secondary N) is 1. The number of aromatic nitrogens is 2. The Morgan fingerprint density at radius 2 is 1.84 bits per heavy atom. The van der Waals surface area contributed by atoms with Gasteiger partial charge in [0.15, 0.2) is 11.5 Å². The van der Waals surface area contributed by atoms with E-state index in [-0.39, 0.29) is 5.56 Å². The Morgan fingerprint density at radius 3 is 2.58 bits per heavy atom. The molecule has 0 aliphatic rings. The van der Waals surface area contributed by atoms with Crippen LogP contribution < -0.4 is 15.0 Å². The predicted octanol–water partition coefficient (Wildman–Crippen LogP) is 6.55.